The van der Waals surface area contributed by atoms with E-state index in [1.165, 1.54) is 24.3 Å². The molecule has 5 rings (SSSR count). The molecule has 1 atom stereocenters. The Hall–Kier alpha value is -3.65. The fraction of sp³-hybridized carbons (Fsp3) is 0.0909. The smallest absolute Gasteiger partial charge is 0.379 e. The molecule has 0 saturated carbocycles. The van der Waals surface area contributed by atoms with Crippen molar-refractivity contribution in [3.8, 4) is 0 Å². The van der Waals surface area contributed by atoms with Crippen molar-refractivity contribution in [3.63, 3.8) is 0 Å². The quantitative estimate of drug-likeness (QED) is 0.402. The van der Waals surface area contributed by atoms with E-state index >= 15 is 0 Å². The number of aliphatic hydroxyl groups excluding tert-OH is 1. The second-order valence-electron chi connectivity index (χ2n) is 6.99. The van der Waals surface area contributed by atoms with E-state index in [0.717, 1.165) is 11.0 Å². The lowest BCUT2D eigenvalue weighted by molar-refractivity contribution is -0.206. The normalized spacial score (nSPS) is 15.1. The molecule has 3 aromatic heterocycles. The number of nitrogens with zero attached hydrogens (tertiary/aromatic N) is 2. The topological polar surface area (TPSA) is 77.6 Å². The summed E-state index contributed by atoms with van der Waals surface area (Å²) in [5, 5.41) is 9.87. The summed E-state index contributed by atoms with van der Waals surface area (Å²) in [6, 6.07) is 11.6. The summed E-state index contributed by atoms with van der Waals surface area (Å²) in [7, 11) is 0. The van der Waals surface area contributed by atoms with Crippen LogP contribution in [-0.4, -0.2) is 31.2 Å². The first-order valence-corrected chi connectivity index (χ1v) is 9.08. The van der Waals surface area contributed by atoms with Crippen molar-refractivity contribution in [3.05, 3.63) is 70.8 Å². The Morgan fingerprint density at radius 1 is 0.800 bits per heavy atom. The number of H-pyrrole nitrogens is 2. The minimum absolute atomic E-state index is 0.0967. The summed E-state index contributed by atoms with van der Waals surface area (Å²) in [4.78, 5) is 14.9. The summed E-state index contributed by atoms with van der Waals surface area (Å²) in [6.45, 7) is 0. The minimum Gasteiger partial charge on any atom is -0.379 e. The summed E-state index contributed by atoms with van der Waals surface area (Å²) in [5.74, 6) is 0. The lowest BCUT2D eigenvalue weighted by Gasteiger charge is -2.13. The van der Waals surface area contributed by atoms with Gasteiger partial charge in [-0.2, -0.15) is 13.2 Å². The summed E-state index contributed by atoms with van der Waals surface area (Å²) in [6.07, 6.45) is -2.52. The monoisotopic (exact) mass is 409 g/mol. The van der Waals surface area contributed by atoms with Gasteiger partial charge in [0.25, 0.3) is 0 Å². The van der Waals surface area contributed by atoms with Gasteiger partial charge in [-0.05, 0) is 66.7 Å². The predicted molar refractivity (Wildman–Crippen MR) is 110 cm³/mol. The third kappa shape index (κ3) is 3.53. The summed E-state index contributed by atoms with van der Waals surface area (Å²) >= 11 is 0. The van der Waals surface area contributed by atoms with Crippen LogP contribution in [0, 0.1) is 0 Å². The summed E-state index contributed by atoms with van der Waals surface area (Å²) < 4.78 is 47.8. The molecular formula is C22H15F3N4O. The average Bonchev–Trinajstić information content (AvgIpc) is 3.45. The van der Waals surface area contributed by atoms with Gasteiger partial charge in [0.05, 0.1) is 24.1 Å². The lowest BCUT2D eigenvalue weighted by atomic mass is 10.1. The fourth-order valence-electron chi connectivity index (χ4n) is 3.38. The molecule has 1 unspecified atom stereocenters. The Morgan fingerprint density at radius 3 is 2.13 bits per heavy atom. The predicted octanol–water partition coefficient (Wildman–Crippen LogP) is 5.25. The van der Waals surface area contributed by atoms with Gasteiger partial charge in [-0.15, -0.1) is 0 Å². The van der Waals surface area contributed by atoms with E-state index in [2.05, 4.69) is 19.9 Å². The molecule has 0 spiro atoms. The van der Waals surface area contributed by atoms with Crippen molar-refractivity contribution in [2.24, 2.45) is 0 Å². The first kappa shape index (κ1) is 17.2. The van der Waals surface area contributed by atoms with E-state index in [-0.39, 0.29) is 17.1 Å². The zero-order valence-electron chi connectivity index (χ0n) is 16.3. The van der Waals surface area contributed by atoms with E-state index < -0.39 is 12.3 Å². The molecule has 5 nitrogen and oxygen atoms in total. The molecule has 30 heavy (non-hydrogen) atoms. The number of nitrogens with one attached hydrogen (secondary N) is 2. The number of rotatable bonds is 1. The first-order valence-electron chi connectivity index (χ1n) is 9.58. The molecule has 8 bridgehead atoms. The Bertz CT molecular complexity index is 1420. The van der Waals surface area contributed by atoms with Crippen LogP contribution in [0.5, 0.6) is 0 Å². The highest BCUT2D eigenvalue weighted by Crippen LogP contribution is 2.35. The average molecular weight is 409 g/mol. The van der Waals surface area contributed by atoms with Crippen molar-refractivity contribution in [2.45, 2.75) is 12.3 Å². The first-order chi connectivity index (χ1) is 14.7. The highest BCUT2D eigenvalue weighted by atomic mass is 19.4. The van der Waals surface area contributed by atoms with Crippen molar-refractivity contribution in [1.29, 1.82) is 0 Å². The van der Waals surface area contributed by atoms with E-state index in [9.17, 15) is 18.3 Å². The number of aliphatic hydroxyl groups is 1. The van der Waals surface area contributed by atoms with Crippen molar-refractivity contribution < 1.29 is 19.6 Å². The van der Waals surface area contributed by atoms with E-state index in [4.69, 9.17) is 1.37 Å². The second kappa shape index (κ2) is 6.70. The molecular weight excluding hydrogens is 393 g/mol. The Kier molecular flexibility index (Phi) is 3.85. The Morgan fingerprint density at radius 2 is 1.40 bits per heavy atom. The molecule has 2 aliphatic rings. The Balaban J connectivity index is 1.84. The van der Waals surface area contributed by atoms with E-state index in [0.29, 0.717) is 28.3 Å². The molecule has 5 heterocycles. The van der Waals surface area contributed by atoms with Crippen LogP contribution in [0.1, 0.15) is 35.8 Å². The van der Waals surface area contributed by atoms with Gasteiger partial charge in [-0.3, -0.25) is 0 Å². The standard InChI is InChI=1S/C22H15F3N4O/c23-22(24,25)21(30)19-10-18-9-16-4-3-14(27-16)7-12-1-2-13(26-12)8-15-5-6-17(28-15)11-20(19)29-18/h1-11,21,26,29-30H/i3D. The van der Waals surface area contributed by atoms with Crippen LogP contribution in [-0.2, 0) is 0 Å². The zero-order chi connectivity index (χ0) is 21.8. The van der Waals surface area contributed by atoms with Crippen LogP contribution in [0.2, 0.25) is 0 Å². The van der Waals surface area contributed by atoms with Crippen molar-refractivity contribution in [2.75, 3.05) is 0 Å². The molecule has 3 aromatic rings. The number of halogens is 3. The van der Waals surface area contributed by atoms with Gasteiger partial charge < -0.3 is 15.1 Å². The van der Waals surface area contributed by atoms with Crippen LogP contribution in [0.15, 0.2) is 42.5 Å². The second-order valence-corrected chi connectivity index (χ2v) is 6.99. The molecule has 0 radical (unpaired) electrons. The number of alkyl halides is 3. The molecule has 0 amide bonds. The number of fused-ring (bicyclic) bond motifs is 8. The molecule has 0 fully saturated rings. The Labute approximate surface area is 169 Å². The van der Waals surface area contributed by atoms with Crippen LogP contribution in [0.3, 0.4) is 0 Å². The molecule has 0 aromatic carbocycles. The van der Waals surface area contributed by atoms with E-state index in [1.54, 1.807) is 24.3 Å². The van der Waals surface area contributed by atoms with Gasteiger partial charge in [-0.25, -0.2) is 9.97 Å². The number of hydrogen-bond donors (Lipinski definition) is 3. The van der Waals surface area contributed by atoms with Gasteiger partial charge in [0, 0.05) is 27.6 Å². The van der Waals surface area contributed by atoms with Crippen molar-refractivity contribution >= 4 is 46.3 Å². The van der Waals surface area contributed by atoms with Crippen LogP contribution in [0.4, 0.5) is 13.2 Å². The van der Waals surface area contributed by atoms with Gasteiger partial charge in [-0.1, -0.05) is 0 Å². The molecule has 2 aliphatic heterocycles. The molecule has 8 heteroatoms. The molecule has 150 valence electrons. The van der Waals surface area contributed by atoms with Gasteiger partial charge in [0.15, 0.2) is 6.10 Å². The van der Waals surface area contributed by atoms with Gasteiger partial charge >= 0.3 is 6.18 Å². The van der Waals surface area contributed by atoms with Crippen LogP contribution in [0.25, 0.3) is 46.3 Å². The third-order valence-electron chi connectivity index (χ3n) is 4.73. The van der Waals surface area contributed by atoms with Crippen LogP contribution < -0.4 is 0 Å². The molecule has 3 N–H and O–H groups in total. The molecule has 0 saturated heterocycles. The van der Waals surface area contributed by atoms with Gasteiger partial charge in [0.1, 0.15) is 0 Å². The van der Waals surface area contributed by atoms with Crippen LogP contribution >= 0.6 is 0 Å². The largest absolute Gasteiger partial charge is 0.418 e. The fourth-order valence-corrected chi connectivity index (χ4v) is 3.38. The van der Waals surface area contributed by atoms with Crippen molar-refractivity contribution in [1.82, 2.24) is 19.9 Å². The highest BCUT2D eigenvalue weighted by Gasteiger charge is 2.40. The SMILES string of the molecule is [2H]C1=Cc2cc3cc(C(O)C(F)(F)F)c(cc4nc(cc5ccc(cc1n2)[nH]5)C=C4)[nH]3. The number of hydrogen-bond acceptors (Lipinski definition) is 3. The molecule has 0 aliphatic carbocycles. The number of aromatic amines is 2. The zero-order valence-corrected chi connectivity index (χ0v) is 15.3. The maximum atomic E-state index is 13.2. The minimum atomic E-state index is -4.82. The van der Waals surface area contributed by atoms with Gasteiger partial charge in [0.2, 0.25) is 0 Å². The third-order valence-corrected chi connectivity index (χ3v) is 4.73. The highest BCUT2D eigenvalue weighted by molar-refractivity contribution is 5.78. The lowest BCUT2D eigenvalue weighted by Crippen LogP contribution is -2.19. The maximum absolute atomic E-state index is 13.2. The maximum Gasteiger partial charge on any atom is 0.418 e. The summed E-state index contributed by atoms with van der Waals surface area (Å²) in [5.41, 5.74) is 3.55. The van der Waals surface area contributed by atoms with E-state index in [1.807, 2.05) is 12.1 Å². The number of aromatic nitrogens is 4.